The van der Waals surface area contributed by atoms with E-state index in [1.807, 2.05) is 41.1 Å². The van der Waals surface area contributed by atoms with Crippen molar-refractivity contribution >= 4 is 28.8 Å². The van der Waals surface area contributed by atoms with Crippen LogP contribution in [0, 0.1) is 11.3 Å². The van der Waals surface area contributed by atoms with Crippen LogP contribution in [0.5, 0.6) is 0 Å². The van der Waals surface area contributed by atoms with E-state index in [-0.39, 0.29) is 11.4 Å². The molecule has 0 unspecified atom stereocenters. The predicted molar refractivity (Wildman–Crippen MR) is 95.5 cm³/mol. The van der Waals surface area contributed by atoms with Crippen molar-refractivity contribution in [1.29, 1.82) is 5.26 Å². The minimum absolute atomic E-state index is 0.0314. The second-order valence-electron chi connectivity index (χ2n) is 5.10. The maximum atomic E-state index is 12.1. The molecular weight excluding hydrogens is 344 g/mol. The summed E-state index contributed by atoms with van der Waals surface area (Å²) in [6.07, 6.45) is 0.505. The van der Waals surface area contributed by atoms with Crippen LogP contribution in [0.15, 0.2) is 45.9 Å². The van der Waals surface area contributed by atoms with Crippen molar-refractivity contribution in [3.05, 3.63) is 79.0 Å². The van der Waals surface area contributed by atoms with E-state index in [4.69, 9.17) is 11.6 Å². The molecule has 120 valence electrons. The zero-order chi connectivity index (χ0) is 16.9. The molecule has 2 N–H and O–H groups in total. The molecular formula is C17H13ClN4OS. The van der Waals surface area contributed by atoms with Gasteiger partial charge in [0.2, 0.25) is 0 Å². The zero-order valence-corrected chi connectivity index (χ0v) is 14.1. The van der Waals surface area contributed by atoms with Crippen LogP contribution in [0.2, 0.25) is 5.02 Å². The van der Waals surface area contributed by atoms with E-state index in [1.165, 1.54) is 0 Å². The largest absolute Gasteiger partial charge is 0.365 e. The molecule has 5 nitrogen and oxygen atoms in total. The standard InChI is InChI=1S/C17H13ClN4OS/c18-14-4-2-1-3-12(14)9-20-16-13(8-19)17(23)22-15(21-16)7-11-5-6-24-10-11/h1-6,10H,7,9H2,(H2,20,21,22,23). The van der Waals surface area contributed by atoms with Gasteiger partial charge in [0.05, 0.1) is 0 Å². The highest BCUT2D eigenvalue weighted by molar-refractivity contribution is 7.07. The molecule has 0 bridgehead atoms. The molecule has 0 fully saturated rings. The van der Waals surface area contributed by atoms with E-state index < -0.39 is 5.56 Å². The van der Waals surface area contributed by atoms with Gasteiger partial charge >= 0.3 is 0 Å². The third kappa shape index (κ3) is 3.65. The van der Waals surface area contributed by atoms with E-state index in [0.717, 1.165) is 11.1 Å². The first kappa shape index (κ1) is 16.2. The summed E-state index contributed by atoms with van der Waals surface area (Å²) in [7, 11) is 0. The number of nitrogens with zero attached hydrogens (tertiary/aromatic N) is 2. The summed E-state index contributed by atoms with van der Waals surface area (Å²) in [5, 5.41) is 16.8. The lowest BCUT2D eigenvalue weighted by Crippen LogP contribution is -2.19. The van der Waals surface area contributed by atoms with Gasteiger partial charge in [-0.3, -0.25) is 4.79 Å². The quantitative estimate of drug-likeness (QED) is 0.732. The van der Waals surface area contributed by atoms with Crippen molar-refractivity contribution < 1.29 is 0 Å². The van der Waals surface area contributed by atoms with Crippen LogP contribution in [-0.2, 0) is 13.0 Å². The smallest absolute Gasteiger partial charge is 0.271 e. The Morgan fingerprint density at radius 2 is 2.17 bits per heavy atom. The number of hydrogen-bond acceptors (Lipinski definition) is 5. The molecule has 24 heavy (non-hydrogen) atoms. The van der Waals surface area contributed by atoms with Crippen molar-refractivity contribution in [1.82, 2.24) is 9.97 Å². The van der Waals surface area contributed by atoms with Crippen molar-refractivity contribution in [3.63, 3.8) is 0 Å². The maximum Gasteiger partial charge on any atom is 0.271 e. The Balaban J connectivity index is 1.88. The second-order valence-corrected chi connectivity index (χ2v) is 6.29. The number of H-pyrrole nitrogens is 1. The van der Waals surface area contributed by atoms with Crippen LogP contribution in [0.4, 0.5) is 5.82 Å². The molecule has 7 heteroatoms. The van der Waals surface area contributed by atoms with Crippen LogP contribution in [0.3, 0.4) is 0 Å². The lowest BCUT2D eigenvalue weighted by Gasteiger charge is -2.10. The molecule has 1 aromatic carbocycles. The van der Waals surface area contributed by atoms with Gasteiger partial charge in [0.15, 0.2) is 11.4 Å². The molecule has 0 amide bonds. The summed E-state index contributed by atoms with van der Waals surface area (Å²) in [6.45, 7) is 0.378. The Hall–Kier alpha value is -2.62. The Labute approximate surface area is 147 Å². The topological polar surface area (TPSA) is 81.6 Å². The molecule has 0 saturated heterocycles. The number of halogens is 1. The number of hydrogen-bond donors (Lipinski definition) is 2. The fraction of sp³-hybridized carbons (Fsp3) is 0.118. The summed E-state index contributed by atoms with van der Waals surface area (Å²) in [6, 6.07) is 11.3. The third-order valence-corrected chi connectivity index (χ3v) is 4.54. The summed E-state index contributed by atoms with van der Waals surface area (Å²) >= 11 is 7.71. The minimum atomic E-state index is -0.445. The Kier molecular flexibility index (Phi) is 4.94. The fourth-order valence-corrected chi connectivity index (χ4v) is 3.11. The number of aromatic amines is 1. The molecule has 0 aliphatic rings. The predicted octanol–water partition coefficient (Wildman–Crippen LogP) is 3.56. The van der Waals surface area contributed by atoms with Crippen LogP contribution in [0.1, 0.15) is 22.5 Å². The SMILES string of the molecule is N#Cc1c(NCc2ccccc2Cl)nc(Cc2ccsc2)[nH]c1=O. The molecule has 0 spiro atoms. The summed E-state index contributed by atoms with van der Waals surface area (Å²) in [5.41, 5.74) is 1.45. The number of aromatic nitrogens is 2. The first-order valence-electron chi connectivity index (χ1n) is 7.19. The first-order chi connectivity index (χ1) is 11.7. The van der Waals surface area contributed by atoms with Crippen molar-refractivity contribution in [3.8, 4) is 6.07 Å². The van der Waals surface area contributed by atoms with Gasteiger partial charge in [-0.15, -0.1) is 0 Å². The van der Waals surface area contributed by atoms with E-state index in [9.17, 15) is 10.1 Å². The second kappa shape index (κ2) is 7.30. The molecule has 2 aromatic heterocycles. The monoisotopic (exact) mass is 356 g/mol. The Morgan fingerprint density at radius 3 is 2.88 bits per heavy atom. The fourth-order valence-electron chi connectivity index (χ4n) is 2.24. The van der Waals surface area contributed by atoms with Crippen molar-refractivity contribution in [2.45, 2.75) is 13.0 Å². The minimum Gasteiger partial charge on any atom is -0.365 e. The summed E-state index contributed by atoms with van der Waals surface area (Å²) in [5.74, 6) is 0.783. The highest BCUT2D eigenvalue weighted by Gasteiger charge is 2.12. The van der Waals surface area contributed by atoms with Crippen molar-refractivity contribution in [2.24, 2.45) is 0 Å². The summed E-state index contributed by atoms with van der Waals surface area (Å²) in [4.78, 5) is 19.2. The molecule has 3 aromatic rings. The number of nitrogens with one attached hydrogen (secondary N) is 2. The van der Waals surface area contributed by atoms with Crippen LogP contribution < -0.4 is 10.9 Å². The third-order valence-electron chi connectivity index (χ3n) is 3.44. The van der Waals surface area contributed by atoms with E-state index in [2.05, 4.69) is 15.3 Å². The van der Waals surface area contributed by atoms with Gasteiger partial charge < -0.3 is 10.3 Å². The highest BCUT2D eigenvalue weighted by atomic mass is 35.5. The summed E-state index contributed by atoms with van der Waals surface area (Å²) < 4.78 is 0. The molecule has 2 heterocycles. The normalized spacial score (nSPS) is 10.3. The maximum absolute atomic E-state index is 12.1. The zero-order valence-electron chi connectivity index (χ0n) is 12.5. The molecule has 0 aliphatic heterocycles. The average molecular weight is 357 g/mol. The van der Waals surface area contributed by atoms with Gasteiger partial charge in [-0.2, -0.15) is 16.6 Å². The van der Waals surface area contributed by atoms with E-state index >= 15 is 0 Å². The first-order valence-corrected chi connectivity index (χ1v) is 8.51. The van der Waals surface area contributed by atoms with Gasteiger partial charge in [-0.25, -0.2) is 4.98 Å². The average Bonchev–Trinajstić information content (AvgIpc) is 3.07. The number of nitriles is 1. The van der Waals surface area contributed by atoms with Gasteiger partial charge in [0, 0.05) is 18.0 Å². The number of thiophene rings is 1. The number of anilines is 1. The molecule has 0 aliphatic carbocycles. The molecule has 0 saturated carbocycles. The van der Waals surface area contributed by atoms with Crippen LogP contribution in [-0.4, -0.2) is 9.97 Å². The molecule has 0 radical (unpaired) electrons. The van der Waals surface area contributed by atoms with E-state index in [0.29, 0.717) is 23.8 Å². The van der Waals surface area contributed by atoms with E-state index in [1.54, 1.807) is 17.4 Å². The molecule has 0 atom stereocenters. The van der Waals surface area contributed by atoms with Crippen molar-refractivity contribution in [2.75, 3.05) is 5.32 Å². The number of benzene rings is 1. The van der Waals surface area contributed by atoms with Crippen LogP contribution in [0.25, 0.3) is 0 Å². The Bertz CT molecular complexity index is 944. The van der Waals surface area contributed by atoms with Gasteiger partial charge in [-0.1, -0.05) is 29.8 Å². The van der Waals surface area contributed by atoms with Gasteiger partial charge in [-0.05, 0) is 34.0 Å². The lowest BCUT2D eigenvalue weighted by molar-refractivity contribution is 0.934. The molecule has 3 rings (SSSR count). The van der Waals surface area contributed by atoms with Gasteiger partial charge in [0.1, 0.15) is 11.9 Å². The highest BCUT2D eigenvalue weighted by Crippen LogP contribution is 2.17. The van der Waals surface area contributed by atoms with Gasteiger partial charge in [0.25, 0.3) is 5.56 Å². The lowest BCUT2D eigenvalue weighted by atomic mass is 10.2. The number of rotatable bonds is 5. The Morgan fingerprint density at radius 1 is 1.33 bits per heavy atom. The van der Waals surface area contributed by atoms with Crippen LogP contribution >= 0.6 is 22.9 Å².